The van der Waals surface area contributed by atoms with Crippen LogP contribution in [0.5, 0.6) is 0 Å². The minimum absolute atomic E-state index is 0.0214. The van der Waals surface area contributed by atoms with Gasteiger partial charge >= 0.3 is 0 Å². The fraction of sp³-hybridized carbons (Fsp3) is 0.250. The van der Waals surface area contributed by atoms with Gasteiger partial charge in [0, 0.05) is 8.04 Å². The minimum Gasteiger partial charge on any atom is -0.394 e. The maximum absolute atomic E-state index is 8.86. The van der Waals surface area contributed by atoms with Gasteiger partial charge in [0.1, 0.15) is 0 Å². The molecule has 0 spiro atoms. The molecule has 0 fully saturated rings. The van der Waals surface area contributed by atoms with E-state index >= 15 is 0 Å². The summed E-state index contributed by atoms with van der Waals surface area (Å²) >= 11 is 5.60. The lowest BCUT2D eigenvalue weighted by Gasteiger charge is -2.11. The van der Waals surface area contributed by atoms with Crippen LogP contribution in [0.1, 0.15) is 11.6 Å². The Kier molecular flexibility index (Phi) is 3.95. The quantitative estimate of drug-likeness (QED) is 0.809. The van der Waals surface area contributed by atoms with Gasteiger partial charge in [-0.05, 0) is 50.2 Å². The van der Waals surface area contributed by atoms with Crippen molar-refractivity contribution >= 4 is 38.5 Å². The second-order valence-corrected chi connectivity index (χ2v) is 4.37. The number of hydrogen-bond donors (Lipinski definition) is 2. The molecule has 1 rings (SSSR count). The first kappa shape index (κ1) is 10.4. The van der Waals surface area contributed by atoms with Crippen LogP contribution in [0.3, 0.4) is 0 Å². The van der Waals surface area contributed by atoms with Crippen molar-refractivity contribution in [1.82, 2.24) is 0 Å². The van der Waals surface area contributed by atoms with Gasteiger partial charge in [-0.3, -0.25) is 0 Å². The van der Waals surface area contributed by atoms with Crippen molar-refractivity contribution in [1.29, 1.82) is 0 Å². The summed E-state index contributed by atoms with van der Waals surface area (Å²) in [6.07, 6.45) is 0. The van der Waals surface area contributed by atoms with Crippen molar-refractivity contribution in [3.63, 3.8) is 0 Å². The lowest BCUT2D eigenvalue weighted by molar-refractivity contribution is 0.267. The maximum atomic E-state index is 8.86. The zero-order chi connectivity index (χ0) is 9.14. The molecule has 0 aliphatic carbocycles. The summed E-state index contributed by atoms with van der Waals surface area (Å²) in [4.78, 5) is 0. The van der Waals surface area contributed by atoms with Crippen LogP contribution >= 0.6 is 38.5 Å². The Labute approximate surface area is 93.4 Å². The second kappa shape index (κ2) is 4.55. The van der Waals surface area contributed by atoms with Crippen LogP contribution in [0.25, 0.3) is 0 Å². The Morgan fingerprint density at radius 1 is 1.58 bits per heavy atom. The summed E-state index contributed by atoms with van der Waals surface area (Å²) in [5.41, 5.74) is 6.67. The number of aliphatic hydroxyl groups is 1. The predicted molar refractivity (Wildman–Crippen MR) is 60.9 cm³/mol. The predicted octanol–water partition coefficient (Wildman–Crippen LogP) is 2.05. The number of halogens is 2. The topological polar surface area (TPSA) is 46.2 Å². The number of nitrogens with two attached hydrogens (primary N) is 1. The van der Waals surface area contributed by atoms with E-state index in [1.807, 2.05) is 18.2 Å². The van der Waals surface area contributed by atoms with E-state index in [1.165, 1.54) is 0 Å². The molecule has 12 heavy (non-hydrogen) atoms. The fourth-order valence-electron chi connectivity index (χ4n) is 0.905. The van der Waals surface area contributed by atoms with Crippen LogP contribution in [0.2, 0.25) is 0 Å². The first-order valence-corrected chi connectivity index (χ1v) is 5.34. The Morgan fingerprint density at radius 3 is 2.83 bits per heavy atom. The fourth-order valence-corrected chi connectivity index (χ4v) is 2.05. The summed E-state index contributed by atoms with van der Waals surface area (Å²) in [5.74, 6) is 0. The molecule has 1 unspecified atom stereocenters. The lowest BCUT2D eigenvalue weighted by atomic mass is 10.1. The Morgan fingerprint density at radius 2 is 2.25 bits per heavy atom. The van der Waals surface area contributed by atoms with Gasteiger partial charge < -0.3 is 10.8 Å². The van der Waals surface area contributed by atoms with Crippen LogP contribution in [-0.4, -0.2) is 11.7 Å². The normalized spacial score (nSPS) is 13.0. The van der Waals surface area contributed by atoms with Gasteiger partial charge in [-0.1, -0.05) is 12.1 Å². The summed E-state index contributed by atoms with van der Waals surface area (Å²) in [7, 11) is 0. The molecule has 0 bridgehead atoms. The van der Waals surface area contributed by atoms with E-state index in [1.54, 1.807) is 0 Å². The average molecular weight is 342 g/mol. The third-order valence-corrected chi connectivity index (χ3v) is 4.18. The highest BCUT2D eigenvalue weighted by molar-refractivity contribution is 14.1. The molecule has 1 aromatic carbocycles. The van der Waals surface area contributed by atoms with Crippen molar-refractivity contribution in [3.05, 3.63) is 31.8 Å². The first-order valence-electron chi connectivity index (χ1n) is 3.47. The van der Waals surface area contributed by atoms with E-state index in [-0.39, 0.29) is 12.6 Å². The summed E-state index contributed by atoms with van der Waals surface area (Å²) in [6.45, 7) is -0.0214. The number of hydrogen-bond acceptors (Lipinski definition) is 2. The van der Waals surface area contributed by atoms with Crippen molar-refractivity contribution in [2.24, 2.45) is 5.73 Å². The molecule has 0 aromatic heterocycles. The average Bonchev–Trinajstić information content (AvgIpc) is 2.08. The third kappa shape index (κ3) is 2.18. The highest BCUT2D eigenvalue weighted by atomic mass is 127. The molecule has 0 amide bonds. The maximum Gasteiger partial charge on any atom is 0.0624 e. The summed E-state index contributed by atoms with van der Waals surface area (Å²) in [6, 6.07) is 5.51. The molecular formula is C8H9BrINO. The Bertz CT molecular complexity index is 280. The van der Waals surface area contributed by atoms with E-state index in [2.05, 4.69) is 38.5 Å². The van der Waals surface area contributed by atoms with Crippen molar-refractivity contribution in [2.45, 2.75) is 6.04 Å². The molecule has 3 N–H and O–H groups in total. The first-order chi connectivity index (χ1) is 5.66. The number of benzene rings is 1. The number of rotatable bonds is 2. The molecule has 1 atom stereocenters. The minimum atomic E-state index is -0.283. The zero-order valence-corrected chi connectivity index (χ0v) is 10.0. The van der Waals surface area contributed by atoms with E-state index in [4.69, 9.17) is 10.8 Å². The molecule has 0 radical (unpaired) electrons. The summed E-state index contributed by atoms with van der Waals surface area (Å²) < 4.78 is 2.08. The molecule has 0 aliphatic heterocycles. The molecule has 1 aromatic rings. The standard InChI is InChI=1S/C8H9BrINO/c9-6-3-1-2-5(8(6)10)7(11)4-12/h1-3,7,12H,4,11H2. The van der Waals surface area contributed by atoms with Crippen molar-refractivity contribution < 1.29 is 5.11 Å². The monoisotopic (exact) mass is 341 g/mol. The molecule has 4 heteroatoms. The molecular weight excluding hydrogens is 333 g/mol. The van der Waals surface area contributed by atoms with E-state index in [9.17, 15) is 0 Å². The Hall–Kier alpha value is 0.350. The summed E-state index contributed by atoms with van der Waals surface area (Å²) in [5, 5.41) is 8.86. The van der Waals surface area contributed by atoms with E-state index in [0.29, 0.717) is 0 Å². The van der Waals surface area contributed by atoms with Gasteiger partial charge in [0.15, 0.2) is 0 Å². The molecule has 66 valence electrons. The van der Waals surface area contributed by atoms with Gasteiger partial charge in [0.05, 0.1) is 12.6 Å². The Balaban J connectivity index is 3.07. The van der Waals surface area contributed by atoms with Crippen LogP contribution < -0.4 is 5.73 Å². The van der Waals surface area contributed by atoms with E-state index in [0.717, 1.165) is 13.6 Å². The van der Waals surface area contributed by atoms with Gasteiger partial charge in [0.25, 0.3) is 0 Å². The van der Waals surface area contributed by atoms with Crippen molar-refractivity contribution in [3.8, 4) is 0 Å². The second-order valence-electron chi connectivity index (χ2n) is 2.43. The smallest absolute Gasteiger partial charge is 0.0624 e. The molecule has 0 aliphatic rings. The SMILES string of the molecule is NC(CO)c1cccc(Br)c1I. The van der Waals surface area contributed by atoms with E-state index < -0.39 is 0 Å². The molecule has 0 saturated carbocycles. The number of aliphatic hydroxyl groups excluding tert-OH is 1. The molecule has 0 heterocycles. The van der Waals surface area contributed by atoms with Crippen LogP contribution in [0.15, 0.2) is 22.7 Å². The molecule has 0 saturated heterocycles. The molecule has 2 nitrogen and oxygen atoms in total. The van der Waals surface area contributed by atoms with Gasteiger partial charge in [-0.15, -0.1) is 0 Å². The van der Waals surface area contributed by atoms with Crippen LogP contribution in [0, 0.1) is 3.57 Å². The van der Waals surface area contributed by atoms with Crippen molar-refractivity contribution in [2.75, 3.05) is 6.61 Å². The van der Waals surface area contributed by atoms with Crippen LogP contribution in [0.4, 0.5) is 0 Å². The lowest BCUT2D eigenvalue weighted by Crippen LogP contribution is -2.15. The highest BCUT2D eigenvalue weighted by Gasteiger charge is 2.09. The third-order valence-electron chi connectivity index (χ3n) is 1.58. The van der Waals surface area contributed by atoms with Gasteiger partial charge in [-0.25, -0.2) is 0 Å². The zero-order valence-electron chi connectivity index (χ0n) is 6.30. The highest BCUT2D eigenvalue weighted by Crippen LogP contribution is 2.25. The van der Waals surface area contributed by atoms with Gasteiger partial charge in [0.2, 0.25) is 0 Å². The largest absolute Gasteiger partial charge is 0.394 e. The van der Waals surface area contributed by atoms with Gasteiger partial charge in [-0.2, -0.15) is 0 Å². The van der Waals surface area contributed by atoms with Crippen LogP contribution in [-0.2, 0) is 0 Å².